The van der Waals surface area contributed by atoms with Crippen molar-refractivity contribution in [2.75, 3.05) is 39.6 Å². The number of aliphatic hydroxyl groups excluding tert-OH is 2. The SMILES string of the molecule is CC/C=C\C/C=C\C/C=C\C/C=C\C/C=C\CCCCCCCCCCCCCC(=O)OCC(O)COP(=O)(O)OCC(O)COP(=O)(O)OCC(COC(=O)CCCCCCCC/C=C\C/C=C\C/C=C\C/C=C\CC)OC(=O)CCCCCCC/C=C\C/C=C\C/C=C\CC. The predicted octanol–water partition coefficient (Wildman–Crippen LogP) is 21.3. The number of hydrogen-bond acceptors (Lipinski definition) is 14. The lowest BCUT2D eigenvalue weighted by Gasteiger charge is -2.21. The molecule has 0 radical (unpaired) electrons. The van der Waals surface area contributed by atoms with Crippen LogP contribution in [0.4, 0.5) is 0 Å². The Labute approximate surface area is 587 Å². The molecule has 97 heavy (non-hydrogen) atoms. The van der Waals surface area contributed by atoms with Crippen LogP contribution in [0.15, 0.2) is 146 Å². The predicted molar refractivity (Wildman–Crippen MR) is 399 cm³/mol. The molecule has 0 aliphatic carbocycles. The summed E-state index contributed by atoms with van der Waals surface area (Å²) in [5, 5.41) is 20.6. The number of rotatable bonds is 69. The van der Waals surface area contributed by atoms with Crippen molar-refractivity contribution in [3.05, 3.63) is 146 Å². The van der Waals surface area contributed by atoms with Crippen LogP contribution in [0.3, 0.4) is 0 Å². The summed E-state index contributed by atoms with van der Waals surface area (Å²) in [5.74, 6) is -1.62. The van der Waals surface area contributed by atoms with E-state index in [0.29, 0.717) is 19.3 Å². The minimum atomic E-state index is -4.94. The summed E-state index contributed by atoms with van der Waals surface area (Å²) in [6, 6.07) is 0. The van der Waals surface area contributed by atoms with Gasteiger partial charge < -0.3 is 34.2 Å². The molecule has 4 N–H and O–H groups in total. The monoisotopic (exact) mass is 1400 g/mol. The summed E-state index contributed by atoms with van der Waals surface area (Å²) in [6.45, 7) is 2.29. The Hall–Kier alpha value is -4.57. The van der Waals surface area contributed by atoms with Gasteiger partial charge in [-0.3, -0.25) is 32.5 Å². The van der Waals surface area contributed by atoms with Gasteiger partial charge in [0.1, 0.15) is 25.4 Å². The number of unbranched alkanes of at least 4 members (excludes halogenated alkanes) is 22. The lowest BCUT2D eigenvalue weighted by molar-refractivity contribution is -0.161. The van der Waals surface area contributed by atoms with Crippen molar-refractivity contribution in [2.24, 2.45) is 0 Å². The molecular weight excluding hydrogens is 1270 g/mol. The maximum atomic E-state index is 12.9. The zero-order valence-electron chi connectivity index (χ0n) is 60.2. The Morgan fingerprint density at radius 2 is 0.515 bits per heavy atom. The number of ether oxygens (including phenoxy) is 3. The molecule has 0 aromatic rings. The average Bonchev–Trinajstić information content (AvgIpc) is 1.86. The highest BCUT2D eigenvalue weighted by molar-refractivity contribution is 7.47. The standard InChI is InChI=1S/C79H132O16P2/c1-4-7-10-13-16-19-22-25-28-30-32-33-34-35-36-37-38-39-41-43-45-47-50-53-56-59-62-65-77(82)89-68-74(80)69-91-96(85,86)92-70-75(81)71-93-97(87,88)94-73-76(95-79(84)67-64-61-58-55-52-49-44-27-24-21-18-15-12-9-6-3)72-90-78(83)66-63-60-57-54-51-48-46-42-40-31-29-26-23-20-17-14-11-8-5-2/h7-12,16-21,25-29,32-33,35-36,40,42,44,74-76,80-81H,4-6,13-15,22-24,30-31,34,37-39,41,43,45-73H2,1-3H3,(H,85,86)(H,87,88)/b10-7-,11-8-,12-9-,19-16-,20-17-,21-18-,28-25-,29-26-,33-32-,36-35-,42-40-,44-27-. The molecule has 16 nitrogen and oxygen atoms in total. The molecule has 5 atom stereocenters. The smallest absolute Gasteiger partial charge is 0.463 e. The molecule has 0 aliphatic heterocycles. The molecule has 0 spiro atoms. The van der Waals surface area contributed by atoms with Crippen molar-refractivity contribution < 1.29 is 75.8 Å². The van der Waals surface area contributed by atoms with Crippen LogP contribution in [0.2, 0.25) is 0 Å². The topological polar surface area (TPSA) is 231 Å². The summed E-state index contributed by atoms with van der Waals surface area (Å²) in [7, 11) is -9.80. The molecule has 0 saturated heterocycles. The number of allylic oxidation sites excluding steroid dienone is 24. The quantitative estimate of drug-likeness (QED) is 0.0146. The van der Waals surface area contributed by atoms with Crippen LogP contribution in [0.5, 0.6) is 0 Å². The zero-order chi connectivity index (χ0) is 70.9. The van der Waals surface area contributed by atoms with Gasteiger partial charge in [-0.25, -0.2) is 9.13 Å². The summed E-state index contributed by atoms with van der Waals surface area (Å²) in [5.41, 5.74) is 0. The van der Waals surface area contributed by atoms with E-state index in [1.54, 1.807) is 0 Å². The first kappa shape index (κ1) is 92.4. The van der Waals surface area contributed by atoms with Crippen molar-refractivity contribution >= 4 is 33.6 Å². The molecule has 0 bridgehead atoms. The molecular formula is C79H132O16P2. The van der Waals surface area contributed by atoms with Gasteiger partial charge in [0.2, 0.25) is 0 Å². The Bertz CT molecular complexity index is 2350. The average molecular weight is 1400 g/mol. The molecule has 0 aromatic heterocycles. The van der Waals surface area contributed by atoms with Gasteiger partial charge in [-0.15, -0.1) is 0 Å². The van der Waals surface area contributed by atoms with Gasteiger partial charge in [0.05, 0.1) is 26.4 Å². The number of carbonyl (C=O) groups is 3. The molecule has 0 fully saturated rings. The second kappa shape index (κ2) is 71.3. The third-order valence-corrected chi connectivity index (χ3v) is 16.9. The van der Waals surface area contributed by atoms with Gasteiger partial charge in [-0.1, -0.05) is 269 Å². The minimum Gasteiger partial charge on any atom is -0.463 e. The molecule has 0 aliphatic rings. The van der Waals surface area contributed by atoms with E-state index in [0.717, 1.165) is 173 Å². The first-order valence-electron chi connectivity index (χ1n) is 37.1. The lowest BCUT2D eigenvalue weighted by atomic mass is 10.0. The Balaban J connectivity index is 4.58. The fraction of sp³-hybridized carbons (Fsp3) is 0.658. The summed E-state index contributed by atoms with van der Waals surface area (Å²) in [6.07, 6.45) is 86.1. The molecule has 0 rings (SSSR count). The van der Waals surface area contributed by atoms with E-state index in [2.05, 4.69) is 167 Å². The molecule has 18 heteroatoms. The van der Waals surface area contributed by atoms with E-state index in [-0.39, 0.29) is 19.3 Å². The van der Waals surface area contributed by atoms with Crippen molar-refractivity contribution in [3.63, 3.8) is 0 Å². The Morgan fingerprint density at radius 1 is 0.289 bits per heavy atom. The van der Waals surface area contributed by atoms with Crippen LogP contribution >= 0.6 is 15.6 Å². The number of phosphoric acid groups is 2. The van der Waals surface area contributed by atoms with Crippen LogP contribution in [0.1, 0.15) is 278 Å². The first-order valence-corrected chi connectivity index (χ1v) is 40.1. The second-order valence-corrected chi connectivity index (χ2v) is 27.2. The summed E-state index contributed by atoms with van der Waals surface area (Å²) >= 11 is 0. The van der Waals surface area contributed by atoms with Crippen molar-refractivity contribution in [1.82, 2.24) is 0 Å². The normalized spacial score (nSPS) is 14.9. The molecule has 5 unspecified atom stereocenters. The molecule has 0 aromatic carbocycles. The van der Waals surface area contributed by atoms with Crippen LogP contribution < -0.4 is 0 Å². The number of hydrogen-bond donors (Lipinski definition) is 4. The maximum Gasteiger partial charge on any atom is 0.472 e. The summed E-state index contributed by atoms with van der Waals surface area (Å²) in [4.78, 5) is 58.5. The van der Waals surface area contributed by atoms with Crippen molar-refractivity contribution in [3.8, 4) is 0 Å². The second-order valence-electron chi connectivity index (χ2n) is 24.3. The van der Waals surface area contributed by atoms with E-state index in [4.69, 9.17) is 32.3 Å². The lowest BCUT2D eigenvalue weighted by Crippen LogP contribution is -2.30. The van der Waals surface area contributed by atoms with Gasteiger partial charge in [-0.05, 0) is 135 Å². The van der Waals surface area contributed by atoms with Gasteiger partial charge in [0.25, 0.3) is 0 Å². The Kier molecular flexibility index (Phi) is 67.9. The third-order valence-electron chi connectivity index (χ3n) is 15.0. The highest BCUT2D eigenvalue weighted by Crippen LogP contribution is 2.45. The van der Waals surface area contributed by atoms with Crippen molar-refractivity contribution in [2.45, 2.75) is 296 Å². The van der Waals surface area contributed by atoms with Crippen molar-refractivity contribution in [1.29, 1.82) is 0 Å². The highest BCUT2D eigenvalue weighted by atomic mass is 31.2. The zero-order valence-corrected chi connectivity index (χ0v) is 62.0. The van der Waals surface area contributed by atoms with Crippen LogP contribution in [-0.2, 0) is 55.8 Å². The van der Waals surface area contributed by atoms with E-state index < -0.39 is 91.5 Å². The van der Waals surface area contributed by atoms with Crippen LogP contribution in [-0.4, -0.2) is 95.9 Å². The molecule has 0 saturated carbocycles. The van der Waals surface area contributed by atoms with E-state index >= 15 is 0 Å². The highest BCUT2D eigenvalue weighted by Gasteiger charge is 2.29. The van der Waals surface area contributed by atoms with Gasteiger partial charge in [-0.2, -0.15) is 0 Å². The van der Waals surface area contributed by atoms with Gasteiger partial charge >= 0.3 is 33.6 Å². The van der Waals surface area contributed by atoms with Gasteiger partial charge in [0.15, 0.2) is 6.10 Å². The first-order chi connectivity index (χ1) is 47.2. The van der Waals surface area contributed by atoms with E-state index in [9.17, 15) is 43.5 Å². The third kappa shape index (κ3) is 72.5. The van der Waals surface area contributed by atoms with E-state index in [1.807, 2.05) is 0 Å². The van der Waals surface area contributed by atoms with E-state index in [1.165, 1.54) is 44.9 Å². The number of aliphatic hydroxyl groups is 2. The minimum absolute atomic E-state index is 0.0777. The molecule has 0 amide bonds. The fourth-order valence-corrected chi connectivity index (χ4v) is 11.1. The Morgan fingerprint density at radius 3 is 0.814 bits per heavy atom. The van der Waals surface area contributed by atoms with Crippen LogP contribution in [0, 0.1) is 0 Å². The number of phosphoric ester groups is 2. The number of esters is 3. The van der Waals surface area contributed by atoms with Gasteiger partial charge in [0, 0.05) is 19.3 Å². The van der Waals surface area contributed by atoms with Crippen LogP contribution in [0.25, 0.3) is 0 Å². The molecule has 554 valence electrons. The maximum absolute atomic E-state index is 12.9. The fourth-order valence-electron chi connectivity index (χ4n) is 9.48. The molecule has 0 heterocycles. The summed E-state index contributed by atoms with van der Waals surface area (Å²) < 4.78 is 61.0. The number of carbonyl (C=O) groups excluding carboxylic acids is 3. The largest absolute Gasteiger partial charge is 0.472 e.